The van der Waals surface area contributed by atoms with Crippen LogP contribution in [0, 0.1) is 0 Å². The van der Waals surface area contributed by atoms with E-state index in [4.69, 9.17) is 4.42 Å². The van der Waals surface area contributed by atoms with Crippen molar-refractivity contribution in [1.29, 1.82) is 0 Å². The molecule has 1 heterocycles. The Kier molecular flexibility index (Phi) is 4.33. The molecule has 1 aliphatic carbocycles. The van der Waals surface area contributed by atoms with E-state index in [0.29, 0.717) is 17.7 Å². The second-order valence-corrected chi connectivity index (χ2v) is 6.05. The van der Waals surface area contributed by atoms with Crippen LogP contribution in [-0.4, -0.2) is 17.7 Å². The van der Waals surface area contributed by atoms with E-state index in [-0.39, 0.29) is 29.4 Å². The number of amides is 1. The molecule has 4 heteroatoms. The smallest absolute Gasteiger partial charge is 0.255 e. The summed E-state index contributed by atoms with van der Waals surface area (Å²) >= 11 is 0. The lowest BCUT2D eigenvalue weighted by Gasteiger charge is -2.11. The van der Waals surface area contributed by atoms with Crippen LogP contribution >= 0.6 is 0 Å². The Hall–Kier alpha value is -2.36. The Balaban J connectivity index is 1.97. The highest BCUT2D eigenvalue weighted by atomic mass is 16.3. The summed E-state index contributed by atoms with van der Waals surface area (Å²) in [5, 5.41) is 2.98. The second kappa shape index (κ2) is 6.41. The van der Waals surface area contributed by atoms with Crippen LogP contribution in [0.4, 0.5) is 0 Å². The molecule has 0 radical (unpaired) electrons. The maximum atomic E-state index is 12.5. The molecule has 0 unspecified atom stereocenters. The van der Waals surface area contributed by atoms with Crippen LogP contribution in [0.5, 0.6) is 0 Å². The third-order valence-corrected chi connectivity index (χ3v) is 4.21. The molecule has 1 aromatic carbocycles. The fourth-order valence-electron chi connectivity index (χ4n) is 2.60. The van der Waals surface area contributed by atoms with Gasteiger partial charge in [0.15, 0.2) is 11.5 Å². The molecular weight excluding hydrogens is 290 g/mol. The third-order valence-electron chi connectivity index (χ3n) is 4.21. The maximum absolute atomic E-state index is 12.5. The molecule has 1 aliphatic rings. The first-order valence-corrected chi connectivity index (χ1v) is 8.13. The quantitative estimate of drug-likeness (QED) is 0.823. The fraction of sp³-hybridized carbons (Fsp3) is 0.368. The van der Waals surface area contributed by atoms with Gasteiger partial charge in [-0.05, 0) is 18.4 Å². The van der Waals surface area contributed by atoms with Crippen LogP contribution in [0.3, 0.4) is 0 Å². The molecule has 2 aromatic rings. The van der Waals surface area contributed by atoms with Crippen molar-refractivity contribution < 1.29 is 14.0 Å². The number of carbonyl (C=O) groups excluding carboxylic acids is 2. The lowest BCUT2D eigenvalue weighted by atomic mass is 9.96. The van der Waals surface area contributed by atoms with Crippen molar-refractivity contribution in [3.05, 3.63) is 59.0 Å². The number of ketones is 1. The summed E-state index contributed by atoms with van der Waals surface area (Å²) < 4.78 is 5.80. The first kappa shape index (κ1) is 15.5. The summed E-state index contributed by atoms with van der Waals surface area (Å²) in [7, 11) is 0. The average Bonchev–Trinajstić information content (AvgIpc) is 3.28. The molecule has 4 nitrogen and oxygen atoms in total. The van der Waals surface area contributed by atoms with E-state index in [2.05, 4.69) is 5.32 Å². The van der Waals surface area contributed by atoms with Crippen molar-refractivity contribution in [1.82, 2.24) is 5.32 Å². The van der Waals surface area contributed by atoms with Crippen LogP contribution in [0.25, 0.3) is 0 Å². The van der Waals surface area contributed by atoms with Gasteiger partial charge < -0.3 is 9.73 Å². The normalized spacial score (nSPS) is 15.2. The van der Waals surface area contributed by atoms with Gasteiger partial charge in [0.2, 0.25) is 0 Å². The molecule has 120 valence electrons. The maximum Gasteiger partial charge on any atom is 0.255 e. The van der Waals surface area contributed by atoms with E-state index in [1.54, 1.807) is 13.0 Å². The van der Waals surface area contributed by atoms with Gasteiger partial charge in [0.05, 0.1) is 5.56 Å². The summed E-state index contributed by atoms with van der Waals surface area (Å²) in [6, 6.07) is 11.7. The van der Waals surface area contributed by atoms with Crippen LogP contribution in [0.2, 0.25) is 0 Å². The van der Waals surface area contributed by atoms with Gasteiger partial charge in [-0.15, -0.1) is 0 Å². The molecule has 1 aromatic heterocycles. The predicted molar refractivity (Wildman–Crippen MR) is 87.8 cm³/mol. The van der Waals surface area contributed by atoms with Gasteiger partial charge in [0.1, 0.15) is 5.76 Å². The number of furan rings is 1. The molecule has 1 N–H and O–H groups in total. The second-order valence-electron chi connectivity index (χ2n) is 6.05. The number of carbonyl (C=O) groups is 2. The molecule has 1 atom stereocenters. The van der Waals surface area contributed by atoms with Gasteiger partial charge in [-0.1, -0.05) is 44.2 Å². The minimum atomic E-state index is -0.149. The Morgan fingerprint density at radius 3 is 2.57 bits per heavy atom. The number of Topliss-reactive ketones (excluding diaryl/α,β-unsaturated/α-hetero) is 1. The Labute approximate surface area is 135 Å². The SMILES string of the molecule is CCC(=O)c1cc(C(=O)NC2CC2)c([C@@H](C)c2ccccc2)o1. The van der Waals surface area contributed by atoms with Gasteiger partial charge in [0, 0.05) is 24.4 Å². The largest absolute Gasteiger partial charge is 0.456 e. The molecule has 0 bridgehead atoms. The molecule has 0 aliphatic heterocycles. The van der Waals surface area contributed by atoms with Crippen LogP contribution < -0.4 is 5.32 Å². The lowest BCUT2D eigenvalue weighted by molar-refractivity contribution is 0.0942. The number of nitrogens with one attached hydrogen (secondary N) is 1. The van der Waals surface area contributed by atoms with Gasteiger partial charge in [-0.25, -0.2) is 0 Å². The molecule has 3 rings (SSSR count). The van der Waals surface area contributed by atoms with Crippen molar-refractivity contribution in [3.8, 4) is 0 Å². The molecule has 1 amide bonds. The molecule has 1 saturated carbocycles. The van der Waals surface area contributed by atoms with Crippen molar-refractivity contribution >= 4 is 11.7 Å². The highest BCUT2D eigenvalue weighted by Gasteiger charge is 2.29. The fourth-order valence-corrected chi connectivity index (χ4v) is 2.60. The van der Waals surface area contributed by atoms with Crippen molar-refractivity contribution in [2.24, 2.45) is 0 Å². The van der Waals surface area contributed by atoms with Crippen LogP contribution in [0.1, 0.15) is 71.3 Å². The molecule has 0 spiro atoms. The molecule has 23 heavy (non-hydrogen) atoms. The van der Waals surface area contributed by atoms with E-state index in [1.807, 2.05) is 37.3 Å². The van der Waals surface area contributed by atoms with Crippen molar-refractivity contribution in [2.45, 2.75) is 45.1 Å². The summed E-state index contributed by atoms with van der Waals surface area (Å²) in [5.41, 5.74) is 1.53. The minimum Gasteiger partial charge on any atom is -0.456 e. The number of hydrogen-bond acceptors (Lipinski definition) is 3. The van der Waals surface area contributed by atoms with Gasteiger partial charge in [-0.3, -0.25) is 9.59 Å². The summed E-state index contributed by atoms with van der Waals surface area (Å²) in [6.07, 6.45) is 2.40. The van der Waals surface area contributed by atoms with Gasteiger partial charge in [-0.2, -0.15) is 0 Å². The zero-order valence-corrected chi connectivity index (χ0v) is 13.5. The monoisotopic (exact) mass is 311 g/mol. The molecule has 1 fully saturated rings. The van der Waals surface area contributed by atoms with Crippen LogP contribution in [-0.2, 0) is 0 Å². The zero-order chi connectivity index (χ0) is 16.4. The first-order chi connectivity index (χ1) is 11.1. The van der Waals surface area contributed by atoms with Crippen molar-refractivity contribution in [3.63, 3.8) is 0 Å². The highest BCUT2D eigenvalue weighted by molar-refractivity contribution is 6.00. The minimum absolute atomic E-state index is 0.0861. The van der Waals surface area contributed by atoms with E-state index < -0.39 is 0 Å². The van der Waals surface area contributed by atoms with Gasteiger partial charge >= 0.3 is 0 Å². The van der Waals surface area contributed by atoms with Gasteiger partial charge in [0.25, 0.3) is 5.91 Å². The van der Waals surface area contributed by atoms with E-state index in [1.165, 1.54) is 0 Å². The zero-order valence-electron chi connectivity index (χ0n) is 13.5. The third kappa shape index (κ3) is 3.36. The van der Waals surface area contributed by atoms with E-state index >= 15 is 0 Å². The average molecular weight is 311 g/mol. The first-order valence-electron chi connectivity index (χ1n) is 8.13. The molecular formula is C19H21NO3. The lowest BCUT2D eigenvalue weighted by Crippen LogP contribution is -2.26. The Morgan fingerprint density at radius 2 is 1.96 bits per heavy atom. The van der Waals surface area contributed by atoms with Crippen molar-refractivity contribution in [2.75, 3.05) is 0 Å². The number of rotatable bonds is 6. The topological polar surface area (TPSA) is 59.3 Å². The Morgan fingerprint density at radius 1 is 1.26 bits per heavy atom. The predicted octanol–water partition coefficient (Wildman–Crippen LogP) is 3.92. The summed E-state index contributed by atoms with van der Waals surface area (Å²) in [5.74, 6) is 0.508. The van der Waals surface area contributed by atoms with E-state index in [9.17, 15) is 9.59 Å². The number of benzene rings is 1. The standard InChI is InChI=1S/C19H21NO3/c1-3-16(21)17-11-15(19(22)20-14-9-10-14)18(23-17)12(2)13-7-5-4-6-8-13/h4-8,11-12,14H,3,9-10H2,1-2H3,(H,20,22)/t12-/m0/s1. The highest BCUT2D eigenvalue weighted by Crippen LogP contribution is 2.31. The number of hydrogen-bond donors (Lipinski definition) is 1. The molecule has 0 saturated heterocycles. The van der Waals surface area contributed by atoms with E-state index in [0.717, 1.165) is 18.4 Å². The summed E-state index contributed by atoms with van der Waals surface area (Å²) in [4.78, 5) is 24.5. The Bertz CT molecular complexity index is 713. The van der Waals surface area contributed by atoms with Crippen LogP contribution in [0.15, 0.2) is 40.8 Å². The summed E-state index contributed by atoms with van der Waals surface area (Å²) in [6.45, 7) is 3.78.